The first kappa shape index (κ1) is 12.2. The van der Waals surface area contributed by atoms with Crippen LogP contribution in [0.15, 0.2) is 0 Å². The molecular weight excluding hydrogens is 226 g/mol. The molecule has 0 amide bonds. The summed E-state index contributed by atoms with van der Waals surface area (Å²) in [6.07, 6.45) is 0.728. The molecule has 0 aromatic carbocycles. The predicted octanol–water partition coefficient (Wildman–Crippen LogP) is 0.179. The van der Waals surface area contributed by atoms with Gasteiger partial charge in [0.05, 0.1) is 18.1 Å². The van der Waals surface area contributed by atoms with E-state index >= 15 is 0 Å². The first-order valence-electron chi connectivity index (χ1n) is 4.61. The van der Waals surface area contributed by atoms with Gasteiger partial charge in [-0.3, -0.25) is 5.32 Å². The SMILES string of the molecule is CC1(C2CCS(=O)(=O)C2)NCCO1.Cl. The molecule has 2 atom stereocenters. The second-order valence-corrected chi connectivity index (χ2v) is 6.21. The Morgan fingerprint density at radius 2 is 2.21 bits per heavy atom. The minimum atomic E-state index is -2.79. The van der Waals surface area contributed by atoms with Gasteiger partial charge >= 0.3 is 0 Å². The second-order valence-electron chi connectivity index (χ2n) is 3.98. The summed E-state index contributed by atoms with van der Waals surface area (Å²) in [7, 11) is -2.79. The van der Waals surface area contributed by atoms with E-state index in [2.05, 4.69) is 5.32 Å². The standard InChI is InChI=1S/C8H15NO3S.ClH/c1-8(9-3-4-12-8)7-2-5-13(10,11)6-7;/h7,9H,2-6H2,1H3;1H. The Hall–Kier alpha value is 0.160. The average Bonchev–Trinajstić information content (AvgIpc) is 2.58. The fraction of sp³-hybridized carbons (Fsp3) is 1.00. The summed E-state index contributed by atoms with van der Waals surface area (Å²) in [5, 5.41) is 3.23. The Morgan fingerprint density at radius 1 is 1.50 bits per heavy atom. The van der Waals surface area contributed by atoms with Crippen LogP contribution in [0, 0.1) is 5.92 Å². The summed E-state index contributed by atoms with van der Waals surface area (Å²) in [4.78, 5) is 0. The largest absolute Gasteiger partial charge is 0.359 e. The van der Waals surface area contributed by atoms with E-state index in [1.54, 1.807) is 0 Å². The van der Waals surface area contributed by atoms with Gasteiger partial charge in [-0.15, -0.1) is 12.4 Å². The average molecular weight is 242 g/mol. The van der Waals surface area contributed by atoms with E-state index in [4.69, 9.17) is 4.74 Å². The van der Waals surface area contributed by atoms with Gasteiger partial charge in [0.1, 0.15) is 5.72 Å². The third-order valence-electron chi connectivity index (χ3n) is 2.99. The second kappa shape index (κ2) is 3.96. The number of hydrogen-bond acceptors (Lipinski definition) is 4. The molecule has 2 aliphatic rings. The molecule has 6 heteroatoms. The van der Waals surface area contributed by atoms with Crippen LogP contribution in [0.1, 0.15) is 13.3 Å². The van der Waals surface area contributed by atoms with Crippen LogP contribution >= 0.6 is 12.4 Å². The maximum absolute atomic E-state index is 11.3. The molecule has 0 bridgehead atoms. The zero-order chi connectivity index (χ0) is 9.53. The lowest BCUT2D eigenvalue weighted by molar-refractivity contribution is -0.0347. The van der Waals surface area contributed by atoms with Gasteiger partial charge < -0.3 is 4.74 Å². The van der Waals surface area contributed by atoms with Crippen molar-refractivity contribution >= 4 is 22.2 Å². The van der Waals surface area contributed by atoms with Gasteiger partial charge in [-0.2, -0.15) is 0 Å². The summed E-state index contributed by atoms with van der Waals surface area (Å²) in [6.45, 7) is 3.46. The van der Waals surface area contributed by atoms with Gasteiger partial charge in [0.2, 0.25) is 0 Å². The first-order valence-corrected chi connectivity index (χ1v) is 6.43. The van der Waals surface area contributed by atoms with Gasteiger partial charge in [0, 0.05) is 12.5 Å². The molecule has 0 saturated carbocycles. The van der Waals surface area contributed by atoms with E-state index in [-0.39, 0.29) is 24.1 Å². The van der Waals surface area contributed by atoms with Crippen LogP contribution in [0.2, 0.25) is 0 Å². The highest BCUT2D eigenvalue weighted by atomic mass is 35.5. The Balaban J connectivity index is 0.000000980. The Bertz CT molecular complexity index is 298. The van der Waals surface area contributed by atoms with Crippen molar-refractivity contribution in [3.8, 4) is 0 Å². The van der Waals surface area contributed by atoms with Crippen LogP contribution in [-0.4, -0.2) is 38.8 Å². The summed E-state index contributed by atoms with van der Waals surface area (Å²) in [5.41, 5.74) is -0.399. The molecule has 14 heavy (non-hydrogen) atoms. The summed E-state index contributed by atoms with van der Waals surface area (Å²) in [5.74, 6) is 0.717. The summed E-state index contributed by atoms with van der Waals surface area (Å²) < 4.78 is 28.1. The fourth-order valence-corrected chi connectivity index (χ4v) is 4.01. The van der Waals surface area contributed by atoms with Crippen molar-refractivity contribution < 1.29 is 13.2 Å². The highest BCUT2D eigenvalue weighted by Crippen LogP contribution is 2.31. The Morgan fingerprint density at radius 3 is 2.64 bits per heavy atom. The molecule has 1 N–H and O–H groups in total. The van der Waals surface area contributed by atoms with Crippen LogP contribution in [0.3, 0.4) is 0 Å². The molecule has 2 fully saturated rings. The number of hydrogen-bond donors (Lipinski definition) is 1. The molecule has 0 radical (unpaired) electrons. The number of nitrogens with one attached hydrogen (secondary N) is 1. The molecule has 0 aromatic heterocycles. The summed E-state index contributed by atoms with van der Waals surface area (Å²) >= 11 is 0. The minimum absolute atomic E-state index is 0. The van der Waals surface area contributed by atoms with Gasteiger partial charge in [-0.05, 0) is 13.3 Å². The third kappa shape index (κ3) is 2.21. The van der Waals surface area contributed by atoms with E-state index in [0.29, 0.717) is 12.4 Å². The van der Waals surface area contributed by atoms with Crippen molar-refractivity contribution in [3.05, 3.63) is 0 Å². The maximum atomic E-state index is 11.3. The molecule has 84 valence electrons. The van der Waals surface area contributed by atoms with E-state index in [0.717, 1.165) is 13.0 Å². The van der Waals surface area contributed by atoms with Gasteiger partial charge in [0.25, 0.3) is 0 Å². The summed E-state index contributed by atoms with van der Waals surface area (Å²) in [6, 6.07) is 0. The first-order chi connectivity index (χ1) is 6.02. The molecule has 0 spiro atoms. The molecule has 2 heterocycles. The lowest BCUT2D eigenvalue weighted by Gasteiger charge is -2.29. The molecule has 2 rings (SSSR count). The monoisotopic (exact) mass is 241 g/mol. The Kier molecular flexibility index (Phi) is 3.46. The molecule has 4 nitrogen and oxygen atoms in total. The topological polar surface area (TPSA) is 55.4 Å². The highest BCUT2D eigenvalue weighted by Gasteiger charge is 2.44. The molecule has 2 unspecified atom stereocenters. The van der Waals surface area contributed by atoms with Gasteiger partial charge in [-0.1, -0.05) is 0 Å². The lowest BCUT2D eigenvalue weighted by Crippen LogP contribution is -2.45. The van der Waals surface area contributed by atoms with Crippen molar-refractivity contribution in [1.82, 2.24) is 5.32 Å². The predicted molar refractivity (Wildman–Crippen MR) is 56.4 cm³/mol. The number of sulfone groups is 1. The molecular formula is C8H16ClNO3S. The van der Waals surface area contributed by atoms with Crippen LogP contribution in [0.25, 0.3) is 0 Å². The van der Waals surface area contributed by atoms with Crippen molar-refractivity contribution in [2.45, 2.75) is 19.1 Å². The van der Waals surface area contributed by atoms with Crippen LogP contribution in [0.5, 0.6) is 0 Å². The molecule has 0 aromatic rings. The van der Waals surface area contributed by atoms with Crippen molar-refractivity contribution in [1.29, 1.82) is 0 Å². The number of ether oxygens (including phenoxy) is 1. The quantitative estimate of drug-likeness (QED) is 0.712. The fourth-order valence-electron chi connectivity index (χ4n) is 2.10. The van der Waals surface area contributed by atoms with E-state index in [1.165, 1.54) is 0 Å². The van der Waals surface area contributed by atoms with E-state index in [1.807, 2.05) is 6.92 Å². The van der Waals surface area contributed by atoms with Gasteiger partial charge in [0.15, 0.2) is 9.84 Å². The van der Waals surface area contributed by atoms with Gasteiger partial charge in [-0.25, -0.2) is 8.42 Å². The van der Waals surface area contributed by atoms with Crippen molar-refractivity contribution in [3.63, 3.8) is 0 Å². The van der Waals surface area contributed by atoms with Crippen molar-refractivity contribution in [2.75, 3.05) is 24.7 Å². The number of halogens is 1. The smallest absolute Gasteiger partial charge is 0.150 e. The third-order valence-corrected chi connectivity index (χ3v) is 4.76. The molecule has 2 saturated heterocycles. The molecule has 2 aliphatic heterocycles. The normalized spacial score (nSPS) is 40.8. The Labute approximate surface area is 90.7 Å². The van der Waals surface area contributed by atoms with Crippen molar-refractivity contribution in [2.24, 2.45) is 5.92 Å². The molecule has 0 aliphatic carbocycles. The van der Waals surface area contributed by atoms with Crippen LogP contribution < -0.4 is 5.32 Å². The van der Waals surface area contributed by atoms with E-state index < -0.39 is 15.6 Å². The lowest BCUT2D eigenvalue weighted by atomic mass is 9.97. The van der Waals surface area contributed by atoms with E-state index in [9.17, 15) is 8.42 Å². The van der Waals surface area contributed by atoms with Crippen LogP contribution in [-0.2, 0) is 14.6 Å². The number of rotatable bonds is 1. The van der Waals surface area contributed by atoms with Crippen LogP contribution in [0.4, 0.5) is 0 Å². The highest BCUT2D eigenvalue weighted by molar-refractivity contribution is 7.91. The zero-order valence-corrected chi connectivity index (χ0v) is 9.79. The maximum Gasteiger partial charge on any atom is 0.150 e. The zero-order valence-electron chi connectivity index (χ0n) is 8.15. The minimum Gasteiger partial charge on any atom is -0.359 e.